The fraction of sp³-hybridized carbons (Fsp3) is 0.444. The van der Waals surface area contributed by atoms with Gasteiger partial charge >= 0.3 is 0 Å². The lowest BCUT2D eigenvalue weighted by atomic mass is 10.1. The third-order valence-corrected chi connectivity index (χ3v) is 5.81. The maximum atomic E-state index is 12.9. The number of hydrogen-bond acceptors (Lipinski definition) is 4. The van der Waals surface area contributed by atoms with Gasteiger partial charge in [0.2, 0.25) is 5.91 Å². The number of thiophene rings is 1. The minimum atomic E-state index is 0.0859. The van der Waals surface area contributed by atoms with Crippen LogP contribution in [0.3, 0.4) is 0 Å². The van der Waals surface area contributed by atoms with Crippen LogP contribution in [0.4, 0.5) is 0 Å². The van der Waals surface area contributed by atoms with Gasteiger partial charge in [0.1, 0.15) is 0 Å². The molecule has 0 atom stereocenters. The van der Waals surface area contributed by atoms with Crippen LogP contribution in [0, 0.1) is 6.92 Å². The summed E-state index contributed by atoms with van der Waals surface area (Å²) in [5.41, 5.74) is 6.51. The van der Waals surface area contributed by atoms with E-state index in [9.17, 15) is 9.59 Å². The highest BCUT2D eigenvalue weighted by Crippen LogP contribution is 2.31. The predicted octanol–water partition coefficient (Wildman–Crippen LogP) is 2.23. The van der Waals surface area contributed by atoms with Gasteiger partial charge in [0.25, 0.3) is 5.91 Å². The number of carbonyl (C=O) groups is 2. The molecule has 2 heterocycles. The third kappa shape index (κ3) is 3.30. The van der Waals surface area contributed by atoms with E-state index >= 15 is 0 Å². The zero-order valence-corrected chi connectivity index (χ0v) is 14.8. The Bertz CT molecular complexity index is 748. The molecule has 5 nitrogen and oxygen atoms in total. The van der Waals surface area contributed by atoms with E-state index in [1.807, 2.05) is 28.9 Å². The van der Waals surface area contributed by atoms with Crippen molar-refractivity contribution >= 4 is 33.2 Å². The van der Waals surface area contributed by atoms with Gasteiger partial charge in [-0.05, 0) is 36.9 Å². The van der Waals surface area contributed by atoms with Crippen LogP contribution in [0.2, 0.25) is 0 Å². The van der Waals surface area contributed by atoms with E-state index in [1.165, 1.54) is 0 Å². The molecular weight excluding hydrogens is 322 g/mol. The zero-order chi connectivity index (χ0) is 17.1. The maximum Gasteiger partial charge on any atom is 0.264 e. The minimum Gasteiger partial charge on any atom is -0.339 e. The average molecular weight is 345 g/mol. The van der Waals surface area contributed by atoms with Crippen LogP contribution in [0.5, 0.6) is 0 Å². The van der Waals surface area contributed by atoms with Crippen LogP contribution >= 0.6 is 11.3 Å². The number of fused-ring (bicyclic) bond motifs is 1. The van der Waals surface area contributed by atoms with Gasteiger partial charge in [0, 0.05) is 37.3 Å². The number of aryl methyl sites for hydroxylation is 1. The molecule has 0 spiro atoms. The summed E-state index contributed by atoms with van der Waals surface area (Å²) in [5.74, 6) is 0.230. The summed E-state index contributed by atoms with van der Waals surface area (Å²) in [4.78, 5) is 29.4. The van der Waals surface area contributed by atoms with Crippen molar-refractivity contribution in [3.8, 4) is 0 Å². The number of nitrogens with zero attached hydrogens (tertiary/aromatic N) is 2. The van der Waals surface area contributed by atoms with Crippen LogP contribution in [-0.2, 0) is 4.79 Å². The SMILES string of the molecule is Cc1c(C(=O)N2CCN(C(=O)CCCN)CC2)sc2ccccc12. The molecule has 0 bridgehead atoms. The molecule has 6 heteroatoms. The number of piperazine rings is 1. The summed E-state index contributed by atoms with van der Waals surface area (Å²) in [5, 5.41) is 1.15. The topological polar surface area (TPSA) is 66.6 Å². The van der Waals surface area contributed by atoms with E-state index in [0.29, 0.717) is 39.1 Å². The van der Waals surface area contributed by atoms with Crippen molar-refractivity contribution in [2.45, 2.75) is 19.8 Å². The first-order chi connectivity index (χ1) is 11.6. The Balaban J connectivity index is 1.66. The van der Waals surface area contributed by atoms with Crippen LogP contribution in [-0.4, -0.2) is 54.3 Å². The van der Waals surface area contributed by atoms with Crippen LogP contribution in [0.15, 0.2) is 24.3 Å². The standard InChI is InChI=1S/C18H23N3O2S/c1-13-14-5-2-3-6-15(14)24-17(13)18(23)21-11-9-20(10-12-21)16(22)7-4-8-19/h2-3,5-6H,4,7-12,19H2,1H3. The Labute approximate surface area is 146 Å². The molecule has 0 aliphatic carbocycles. The number of benzene rings is 1. The molecule has 0 radical (unpaired) electrons. The molecule has 0 unspecified atom stereocenters. The molecule has 3 rings (SSSR count). The first-order valence-corrected chi connectivity index (χ1v) is 9.18. The lowest BCUT2D eigenvalue weighted by molar-refractivity contribution is -0.132. The van der Waals surface area contributed by atoms with Gasteiger partial charge in [-0.1, -0.05) is 18.2 Å². The summed E-state index contributed by atoms with van der Waals surface area (Å²) in [6.07, 6.45) is 1.22. The second-order valence-corrected chi connectivity index (χ2v) is 7.17. The highest BCUT2D eigenvalue weighted by atomic mass is 32.1. The third-order valence-electron chi connectivity index (χ3n) is 4.55. The smallest absolute Gasteiger partial charge is 0.264 e. The summed E-state index contributed by atoms with van der Waals surface area (Å²) in [7, 11) is 0. The molecule has 1 aromatic carbocycles. The molecular formula is C18H23N3O2S. The molecule has 2 amide bonds. The first-order valence-electron chi connectivity index (χ1n) is 8.37. The van der Waals surface area contributed by atoms with E-state index in [4.69, 9.17) is 5.73 Å². The first kappa shape index (κ1) is 16.9. The van der Waals surface area contributed by atoms with Crippen molar-refractivity contribution in [1.82, 2.24) is 9.80 Å². The van der Waals surface area contributed by atoms with Gasteiger partial charge in [0.15, 0.2) is 0 Å². The van der Waals surface area contributed by atoms with Crippen LogP contribution in [0.1, 0.15) is 28.1 Å². The second kappa shape index (κ2) is 7.32. The molecule has 1 fully saturated rings. The minimum absolute atomic E-state index is 0.0859. The van der Waals surface area contributed by atoms with E-state index in [1.54, 1.807) is 11.3 Å². The molecule has 1 saturated heterocycles. The van der Waals surface area contributed by atoms with Crippen molar-refractivity contribution in [3.63, 3.8) is 0 Å². The number of hydrogen-bond donors (Lipinski definition) is 1. The van der Waals surface area contributed by atoms with Crippen molar-refractivity contribution in [1.29, 1.82) is 0 Å². The molecule has 1 aromatic heterocycles. The molecule has 2 N–H and O–H groups in total. The van der Waals surface area contributed by atoms with Gasteiger partial charge in [-0.2, -0.15) is 0 Å². The molecule has 1 aliphatic rings. The largest absolute Gasteiger partial charge is 0.339 e. The molecule has 2 aromatic rings. The van der Waals surface area contributed by atoms with Gasteiger partial charge < -0.3 is 15.5 Å². The maximum absolute atomic E-state index is 12.9. The summed E-state index contributed by atoms with van der Waals surface area (Å²) in [6.45, 7) is 4.97. The molecule has 0 saturated carbocycles. The fourth-order valence-electron chi connectivity index (χ4n) is 3.09. The van der Waals surface area contributed by atoms with Gasteiger partial charge in [0.05, 0.1) is 4.88 Å². The Morgan fingerprint density at radius 2 is 1.79 bits per heavy atom. The van der Waals surface area contributed by atoms with E-state index in [2.05, 4.69) is 12.1 Å². The molecule has 1 aliphatic heterocycles. The Kier molecular flexibility index (Phi) is 5.16. The summed E-state index contributed by atoms with van der Waals surface area (Å²) >= 11 is 1.56. The Hall–Kier alpha value is -1.92. The predicted molar refractivity (Wildman–Crippen MR) is 97.3 cm³/mol. The summed E-state index contributed by atoms with van der Waals surface area (Å²) in [6, 6.07) is 8.12. The van der Waals surface area contributed by atoms with Crippen molar-refractivity contribution in [2.75, 3.05) is 32.7 Å². The lowest BCUT2D eigenvalue weighted by Gasteiger charge is -2.34. The van der Waals surface area contributed by atoms with Crippen molar-refractivity contribution < 1.29 is 9.59 Å². The van der Waals surface area contributed by atoms with Crippen molar-refractivity contribution in [2.24, 2.45) is 5.73 Å². The monoisotopic (exact) mass is 345 g/mol. The summed E-state index contributed by atoms with van der Waals surface area (Å²) < 4.78 is 1.15. The van der Waals surface area contributed by atoms with Crippen molar-refractivity contribution in [3.05, 3.63) is 34.7 Å². The van der Waals surface area contributed by atoms with E-state index < -0.39 is 0 Å². The Morgan fingerprint density at radius 3 is 2.46 bits per heavy atom. The normalized spacial score (nSPS) is 15.1. The number of carbonyl (C=O) groups excluding carboxylic acids is 2. The van der Waals surface area contributed by atoms with E-state index in [-0.39, 0.29) is 11.8 Å². The van der Waals surface area contributed by atoms with E-state index in [0.717, 1.165) is 26.9 Å². The average Bonchev–Trinajstić information content (AvgIpc) is 2.96. The highest BCUT2D eigenvalue weighted by molar-refractivity contribution is 7.21. The zero-order valence-electron chi connectivity index (χ0n) is 14.0. The highest BCUT2D eigenvalue weighted by Gasteiger charge is 2.26. The number of rotatable bonds is 4. The Morgan fingerprint density at radius 1 is 1.12 bits per heavy atom. The van der Waals surface area contributed by atoms with Gasteiger partial charge in [-0.25, -0.2) is 0 Å². The van der Waals surface area contributed by atoms with Gasteiger partial charge in [-0.15, -0.1) is 11.3 Å². The van der Waals surface area contributed by atoms with Crippen LogP contribution in [0.25, 0.3) is 10.1 Å². The van der Waals surface area contributed by atoms with Crippen LogP contribution < -0.4 is 5.73 Å². The number of amides is 2. The molecule has 128 valence electrons. The fourth-order valence-corrected chi connectivity index (χ4v) is 4.27. The second-order valence-electron chi connectivity index (χ2n) is 6.12. The van der Waals surface area contributed by atoms with Gasteiger partial charge in [-0.3, -0.25) is 9.59 Å². The quantitative estimate of drug-likeness (QED) is 0.924. The lowest BCUT2D eigenvalue weighted by Crippen LogP contribution is -2.50. The number of nitrogens with two attached hydrogens (primary N) is 1. The molecule has 24 heavy (non-hydrogen) atoms.